The number of hydrogen-bond donors (Lipinski definition) is 0. The van der Waals surface area contributed by atoms with Gasteiger partial charge in [0, 0.05) is 26.1 Å². The predicted octanol–water partition coefficient (Wildman–Crippen LogP) is 2.72. The molecule has 3 aromatic rings. The molecule has 170 valence electrons. The summed E-state index contributed by atoms with van der Waals surface area (Å²) in [5.41, 5.74) is 0. The SMILES string of the molecule is CCOC(C/C=C\CC[P+](c1ccccc1)(c1ccccc1)c1ccccc1)OCC.[I-]. The minimum absolute atomic E-state index is 0. The Morgan fingerprint density at radius 3 is 1.44 bits per heavy atom. The van der Waals surface area contributed by atoms with Crippen LogP contribution in [-0.2, 0) is 9.47 Å². The highest BCUT2D eigenvalue weighted by Crippen LogP contribution is 2.55. The van der Waals surface area contributed by atoms with Crippen LogP contribution in [0.3, 0.4) is 0 Å². The van der Waals surface area contributed by atoms with Gasteiger partial charge in [0.15, 0.2) is 6.29 Å². The van der Waals surface area contributed by atoms with Crippen LogP contribution in [0.2, 0.25) is 0 Å². The lowest BCUT2D eigenvalue weighted by molar-refractivity contribution is -0.133. The second-order valence-corrected chi connectivity index (χ2v) is 11.0. The van der Waals surface area contributed by atoms with E-state index in [4.69, 9.17) is 9.47 Å². The van der Waals surface area contributed by atoms with Crippen LogP contribution in [0.4, 0.5) is 0 Å². The van der Waals surface area contributed by atoms with Gasteiger partial charge < -0.3 is 33.5 Å². The zero-order chi connectivity index (χ0) is 21.8. The maximum atomic E-state index is 5.67. The predicted molar refractivity (Wildman–Crippen MR) is 135 cm³/mol. The minimum atomic E-state index is -1.76. The summed E-state index contributed by atoms with van der Waals surface area (Å²) < 4.78 is 11.3. The van der Waals surface area contributed by atoms with Crippen molar-refractivity contribution >= 4 is 23.2 Å². The number of allylic oxidation sites excluding steroid dienone is 1. The third-order valence-corrected chi connectivity index (χ3v) is 9.89. The smallest absolute Gasteiger partial charge is 0.160 e. The molecule has 0 aliphatic rings. The Morgan fingerprint density at radius 1 is 0.656 bits per heavy atom. The third-order valence-electron chi connectivity index (χ3n) is 5.42. The van der Waals surface area contributed by atoms with Crippen LogP contribution >= 0.6 is 7.26 Å². The van der Waals surface area contributed by atoms with E-state index in [9.17, 15) is 0 Å². The summed E-state index contributed by atoms with van der Waals surface area (Å²) in [4.78, 5) is 0. The minimum Gasteiger partial charge on any atom is -1.00 e. The van der Waals surface area contributed by atoms with E-state index in [1.165, 1.54) is 15.9 Å². The van der Waals surface area contributed by atoms with Gasteiger partial charge in [0.2, 0.25) is 0 Å². The van der Waals surface area contributed by atoms with Crippen molar-refractivity contribution in [3.8, 4) is 0 Å². The van der Waals surface area contributed by atoms with E-state index < -0.39 is 7.26 Å². The highest BCUT2D eigenvalue weighted by Gasteiger charge is 2.44. The molecule has 0 radical (unpaired) electrons. The van der Waals surface area contributed by atoms with Crippen LogP contribution in [0.15, 0.2) is 103 Å². The maximum absolute atomic E-state index is 5.67. The van der Waals surface area contributed by atoms with Gasteiger partial charge in [-0.2, -0.15) is 0 Å². The van der Waals surface area contributed by atoms with Crippen molar-refractivity contribution in [1.29, 1.82) is 0 Å². The molecule has 0 heterocycles. The third kappa shape index (κ3) is 6.99. The molecule has 0 saturated heterocycles. The zero-order valence-corrected chi connectivity index (χ0v) is 22.1. The highest BCUT2D eigenvalue weighted by atomic mass is 127. The Kier molecular flexibility index (Phi) is 12.2. The topological polar surface area (TPSA) is 18.5 Å². The normalized spacial score (nSPS) is 11.6. The van der Waals surface area contributed by atoms with Gasteiger partial charge in [0.1, 0.15) is 23.2 Å². The summed E-state index contributed by atoms with van der Waals surface area (Å²) in [5.74, 6) is 0. The molecule has 4 heteroatoms. The van der Waals surface area contributed by atoms with Gasteiger partial charge in [0.05, 0.1) is 6.16 Å². The van der Waals surface area contributed by atoms with Gasteiger partial charge in [-0.1, -0.05) is 66.7 Å². The Hall–Kier alpha value is -1.52. The zero-order valence-electron chi connectivity index (χ0n) is 19.1. The molecule has 0 aliphatic heterocycles. The van der Waals surface area contributed by atoms with Gasteiger partial charge in [-0.25, -0.2) is 0 Å². The molecule has 0 unspecified atom stereocenters. The summed E-state index contributed by atoms with van der Waals surface area (Å²) in [7, 11) is -1.76. The van der Waals surface area contributed by atoms with Gasteiger partial charge in [-0.05, 0) is 50.2 Å². The van der Waals surface area contributed by atoms with Crippen LogP contribution in [0, 0.1) is 0 Å². The van der Waals surface area contributed by atoms with Gasteiger partial charge in [0.25, 0.3) is 0 Å². The van der Waals surface area contributed by atoms with E-state index in [0.29, 0.717) is 13.2 Å². The molecule has 0 amide bonds. The number of benzene rings is 3. The number of hydrogen-bond acceptors (Lipinski definition) is 2. The number of ether oxygens (including phenoxy) is 2. The molecule has 2 nitrogen and oxygen atoms in total. The van der Waals surface area contributed by atoms with E-state index in [2.05, 4.69) is 103 Å². The molecular weight excluding hydrogens is 526 g/mol. The molecule has 32 heavy (non-hydrogen) atoms. The molecule has 0 saturated carbocycles. The lowest BCUT2D eigenvalue weighted by Crippen LogP contribution is -3.00. The summed E-state index contributed by atoms with van der Waals surface area (Å²) in [5, 5.41) is 4.30. The van der Waals surface area contributed by atoms with E-state index >= 15 is 0 Å². The van der Waals surface area contributed by atoms with Crippen molar-refractivity contribution in [3.05, 3.63) is 103 Å². The Labute approximate surface area is 211 Å². The fraction of sp³-hybridized carbons (Fsp3) is 0.286. The second kappa shape index (κ2) is 14.6. The second-order valence-electron chi connectivity index (χ2n) is 7.38. The van der Waals surface area contributed by atoms with Crippen LogP contribution in [0.1, 0.15) is 26.7 Å². The quantitative estimate of drug-likeness (QED) is 0.147. The van der Waals surface area contributed by atoms with Crippen molar-refractivity contribution < 1.29 is 33.5 Å². The van der Waals surface area contributed by atoms with E-state index in [0.717, 1.165) is 19.0 Å². The number of halogens is 1. The van der Waals surface area contributed by atoms with Crippen molar-refractivity contribution in [1.82, 2.24) is 0 Å². The van der Waals surface area contributed by atoms with Crippen molar-refractivity contribution in [3.63, 3.8) is 0 Å². The standard InChI is InChI=1S/C28H34O2P.HI/c1-3-29-28(30-4-2)23-15-8-16-24-31(25-17-9-5-10-18-25,26-19-11-6-12-20-26)27-21-13-7-14-22-27;/h5-15,17-22,28H,3-4,16,23-24H2,1-2H3;1H/q+1;/p-1/b15-8-;. The van der Waals surface area contributed by atoms with E-state index in [1.54, 1.807) is 0 Å². The van der Waals surface area contributed by atoms with Crippen LogP contribution < -0.4 is 39.9 Å². The first-order valence-corrected chi connectivity index (χ1v) is 13.2. The number of rotatable bonds is 12. The fourth-order valence-electron chi connectivity index (χ4n) is 4.03. The molecule has 0 bridgehead atoms. The highest BCUT2D eigenvalue weighted by molar-refractivity contribution is 7.95. The molecule has 0 atom stereocenters. The lowest BCUT2D eigenvalue weighted by Gasteiger charge is -2.27. The molecule has 0 N–H and O–H groups in total. The summed E-state index contributed by atoms with van der Waals surface area (Å²) in [6, 6.07) is 33.1. The van der Waals surface area contributed by atoms with E-state index in [-0.39, 0.29) is 30.3 Å². The van der Waals surface area contributed by atoms with Crippen LogP contribution in [0.25, 0.3) is 0 Å². The lowest BCUT2D eigenvalue weighted by atomic mass is 10.3. The van der Waals surface area contributed by atoms with Crippen molar-refractivity contribution in [2.45, 2.75) is 33.0 Å². The first kappa shape index (κ1) is 26.7. The Balaban J connectivity index is 0.00000363. The fourth-order valence-corrected chi connectivity index (χ4v) is 8.28. The summed E-state index contributed by atoms with van der Waals surface area (Å²) >= 11 is 0. The monoisotopic (exact) mass is 560 g/mol. The molecule has 0 aromatic heterocycles. The summed E-state index contributed by atoms with van der Waals surface area (Å²) in [6.07, 6.45) is 7.26. The Bertz CT molecular complexity index is 798. The maximum Gasteiger partial charge on any atom is 0.160 e. The largest absolute Gasteiger partial charge is 1.00 e. The summed E-state index contributed by atoms with van der Waals surface area (Å²) in [6.45, 7) is 5.36. The van der Waals surface area contributed by atoms with Gasteiger partial charge in [-0.3, -0.25) is 0 Å². The van der Waals surface area contributed by atoms with Crippen molar-refractivity contribution in [2.24, 2.45) is 0 Å². The molecular formula is C28H34IO2P. The molecule has 3 aromatic carbocycles. The van der Waals surface area contributed by atoms with Gasteiger partial charge in [-0.15, -0.1) is 0 Å². The average Bonchev–Trinajstić information content (AvgIpc) is 2.83. The first-order chi connectivity index (χ1) is 15.3. The van der Waals surface area contributed by atoms with Crippen molar-refractivity contribution in [2.75, 3.05) is 19.4 Å². The molecule has 0 fully saturated rings. The molecule has 0 aliphatic carbocycles. The first-order valence-electron chi connectivity index (χ1n) is 11.2. The Morgan fingerprint density at radius 2 is 1.06 bits per heavy atom. The average molecular weight is 560 g/mol. The van der Waals surface area contributed by atoms with E-state index in [1.807, 2.05) is 13.8 Å². The van der Waals surface area contributed by atoms with Crippen LogP contribution in [0.5, 0.6) is 0 Å². The van der Waals surface area contributed by atoms with Gasteiger partial charge >= 0.3 is 0 Å². The molecule has 3 rings (SSSR count). The molecule has 0 spiro atoms. The van der Waals surface area contributed by atoms with Crippen LogP contribution in [-0.4, -0.2) is 25.7 Å².